The van der Waals surface area contributed by atoms with Crippen LogP contribution in [0.3, 0.4) is 0 Å². The van der Waals surface area contributed by atoms with Crippen molar-refractivity contribution in [3.05, 3.63) is 72.1 Å². The third kappa shape index (κ3) is 3.43. The smallest absolute Gasteiger partial charge is 0.339 e. The van der Waals surface area contributed by atoms with Crippen LogP contribution in [0.2, 0.25) is 0 Å². The van der Waals surface area contributed by atoms with Gasteiger partial charge in [-0.2, -0.15) is 0 Å². The number of methoxy groups -OCH3 is 1. The number of likely N-dealkylation sites (tertiary alicyclic amines) is 1. The molecular formula is C24H22N4O4. The van der Waals surface area contributed by atoms with Gasteiger partial charge in [-0.05, 0) is 12.1 Å². The number of rotatable bonds is 3. The Morgan fingerprint density at radius 2 is 1.69 bits per heavy atom. The van der Waals surface area contributed by atoms with E-state index in [-0.39, 0.29) is 17.9 Å². The van der Waals surface area contributed by atoms with E-state index in [9.17, 15) is 9.59 Å². The zero-order chi connectivity index (χ0) is 22.1. The fourth-order valence-electron chi connectivity index (χ4n) is 4.38. The fourth-order valence-corrected chi connectivity index (χ4v) is 4.38. The number of para-hydroxylation sites is 1. The van der Waals surface area contributed by atoms with E-state index < -0.39 is 5.60 Å². The molecule has 2 aliphatic heterocycles. The number of nitrogens with one attached hydrogen (secondary N) is 1. The minimum Gasteiger partial charge on any atom is -0.496 e. The molecule has 0 aliphatic carbocycles. The van der Waals surface area contributed by atoms with Gasteiger partial charge in [0, 0.05) is 55.0 Å². The van der Waals surface area contributed by atoms with E-state index in [0.717, 1.165) is 22.4 Å². The van der Waals surface area contributed by atoms with Crippen LogP contribution in [0, 0.1) is 0 Å². The molecule has 32 heavy (non-hydrogen) atoms. The van der Waals surface area contributed by atoms with Gasteiger partial charge in [-0.3, -0.25) is 5.32 Å². The van der Waals surface area contributed by atoms with E-state index in [2.05, 4.69) is 15.3 Å². The van der Waals surface area contributed by atoms with Crippen molar-refractivity contribution in [3.8, 4) is 16.9 Å². The van der Waals surface area contributed by atoms with Crippen LogP contribution in [-0.2, 0) is 10.3 Å². The average Bonchev–Trinajstić information content (AvgIpc) is 3.11. The maximum absolute atomic E-state index is 12.7. The molecule has 3 heterocycles. The van der Waals surface area contributed by atoms with Crippen LogP contribution in [0.25, 0.3) is 11.1 Å². The van der Waals surface area contributed by atoms with Crippen LogP contribution in [0.5, 0.6) is 5.75 Å². The molecule has 2 amide bonds. The second-order valence-electron chi connectivity index (χ2n) is 7.84. The Kier molecular flexibility index (Phi) is 4.97. The molecule has 0 unspecified atom stereocenters. The number of carbonyl (C=O) groups excluding carboxylic acids is 2. The second-order valence-corrected chi connectivity index (χ2v) is 7.84. The van der Waals surface area contributed by atoms with E-state index in [0.29, 0.717) is 31.5 Å². The first-order chi connectivity index (χ1) is 15.6. The summed E-state index contributed by atoms with van der Waals surface area (Å²) in [6, 6.07) is 14.8. The van der Waals surface area contributed by atoms with Crippen molar-refractivity contribution in [1.82, 2.24) is 14.9 Å². The topological polar surface area (TPSA) is 93.6 Å². The van der Waals surface area contributed by atoms with Crippen LogP contribution in [0.1, 0.15) is 28.8 Å². The van der Waals surface area contributed by atoms with E-state index in [4.69, 9.17) is 9.47 Å². The minimum absolute atomic E-state index is 0.228. The van der Waals surface area contributed by atoms with Gasteiger partial charge in [-0.25, -0.2) is 19.6 Å². The van der Waals surface area contributed by atoms with Gasteiger partial charge in [0.25, 0.3) is 0 Å². The molecule has 0 radical (unpaired) electrons. The molecule has 162 valence electrons. The predicted octanol–water partition coefficient (Wildman–Crippen LogP) is 3.85. The van der Waals surface area contributed by atoms with Gasteiger partial charge in [0.1, 0.15) is 11.4 Å². The van der Waals surface area contributed by atoms with E-state index in [1.54, 1.807) is 30.5 Å². The third-order valence-corrected chi connectivity index (χ3v) is 6.07. The minimum atomic E-state index is -0.642. The van der Waals surface area contributed by atoms with Gasteiger partial charge < -0.3 is 14.4 Å². The number of esters is 1. The Hall–Kier alpha value is -3.94. The first-order valence-corrected chi connectivity index (χ1v) is 10.4. The average molecular weight is 430 g/mol. The molecule has 1 N–H and O–H groups in total. The first kappa shape index (κ1) is 20.0. The number of benzene rings is 2. The summed E-state index contributed by atoms with van der Waals surface area (Å²) in [6.07, 6.45) is 4.41. The molecule has 0 atom stereocenters. The molecule has 1 spiro atoms. The van der Waals surface area contributed by atoms with Crippen molar-refractivity contribution in [2.45, 2.75) is 18.4 Å². The highest BCUT2D eigenvalue weighted by molar-refractivity contribution is 5.95. The maximum Gasteiger partial charge on any atom is 0.339 e. The van der Waals surface area contributed by atoms with Gasteiger partial charge in [0.2, 0.25) is 5.95 Å². The highest BCUT2D eigenvalue weighted by Crippen LogP contribution is 2.44. The number of amides is 2. The summed E-state index contributed by atoms with van der Waals surface area (Å²) in [7, 11) is 1.61. The largest absolute Gasteiger partial charge is 0.496 e. The summed E-state index contributed by atoms with van der Waals surface area (Å²) >= 11 is 0. The Bertz CT molecular complexity index is 1170. The van der Waals surface area contributed by atoms with Crippen molar-refractivity contribution in [2.24, 2.45) is 0 Å². The molecule has 1 aromatic heterocycles. The molecule has 0 saturated carbocycles. The molecule has 3 aromatic rings. The lowest BCUT2D eigenvalue weighted by Crippen LogP contribution is -2.47. The number of hydrogen-bond donors (Lipinski definition) is 1. The standard InChI is InChI=1S/C24H22N4O4/c1-31-20-9-5-3-6-17(20)16-14-25-22(26-15-16)27-23(30)28-12-10-24(11-13-28)19-8-4-2-7-18(19)21(29)32-24/h2-9,14-15H,10-13H2,1H3,(H,25,26,27,30). The molecule has 8 nitrogen and oxygen atoms in total. The summed E-state index contributed by atoms with van der Waals surface area (Å²) in [5.74, 6) is 0.665. The van der Waals surface area contributed by atoms with E-state index in [1.807, 2.05) is 42.5 Å². The van der Waals surface area contributed by atoms with Gasteiger partial charge >= 0.3 is 12.0 Å². The lowest BCUT2D eigenvalue weighted by Gasteiger charge is -2.38. The van der Waals surface area contributed by atoms with Crippen molar-refractivity contribution < 1.29 is 19.1 Å². The van der Waals surface area contributed by atoms with Crippen LogP contribution in [0.15, 0.2) is 60.9 Å². The Balaban J connectivity index is 1.24. The molecular weight excluding hydrogens is 408 g/mol. The maximum atomic E-state index is 12.7. The summed E-state index contributed by atoms with van der Waals surface area (Å²) in [5.41, 5.74) is 2.56. The highest BCUT2D eigenvalue weighted by Gasteiger charge is 2.47. The predicted molar refractivity (Wildman–Crippen MR) is 117 cm³/mol. The highest BCUT2D eigenvalue weighted by atomic mass is 16.6. The number of anilines is 1. The lowest BCUT2D eigenvalue weighted by atomic mass is 9.84. The number of aromatic nitrogens is 2. The summed E-state index contributed by atoms with van der Waals surface area (Å²) in [5, 5.41) is 2.75. The number of hydrogen-bond acceptors (Lipinski definition) is 6. The van der Waals surface area contributed by atoms with E-state index in [1.165, 1.54) is 0 Å². The molecule has 1 saturated heterocycles. The van der Waals surface area contributed by atoms with Crippen LogP contribution in [0.4, 0.5) is 10.7 Å². The Labute approximate surface area is 185 Å². The normalized spacial score (nSPS) is 16.4. The molecule has 5 rings (SSSR count). The number of nitrogens with zero attached hydrogens (tertiary/aromatic N) is 3. The number of ether oxygens (including phenoxy) is 2. The molecule has 1 fully saturated rings. The van der Waals surface area contributed by atoms with Crippen LogP contribution < -0.4 is 10.1 Å². The van der Waals surface area contributed by atoms with Gasteiger partial charge in [0.15, 0.2) is 0 Å². The SMILES string of the molecule is COc1ccccc1-c1cnc(NC(=O)N2CCC3(CC2)OC(=O)c2ccccc23)nc1. The summed E-state index contributed by atoms with van der Waals surface area (Å²) in [6.45, 7) is 0.930. The van der Waals surface area contributed by atoms with Crippen molar-refractivity contribution in [3.63, 3.8) is 0 Å². The van der Waals surface area contributed by atoms with Crippen molar-refractivity contribution in [1.29, 1.82) is 0 Å². The Morgan fingerprint density at radius 3 is 2.41 bits per heavy atom. The number of carbonyl (C=O) groups is 2. The number of fused-ring (bicyclic) bond motifs is 2. The van der Waals surface area contributed by atoms with Gasteiger partial charge in [-0.1, -0.05) is 36.4 Å². The van der Waals surface area contributed by atoms with E-state index >= 15 is 0 Å². The third-order valence-electron chi connectivity index (χ3n) is 6.07. The van der Waals surface area contributed by atoms with Crippen molar-refractivity contribution in [2.75, 3.05) is 25.5 Å². The summed E-state index contributed by atoms with van der Waals surface area (Å²) < 4.78 is 11.1. The van der Waals surface area contributed by atoms with Crippen LogP contribution in [-0.4, -0.2) is 47.1 Å². The first-order valence-electron chi connectivity index (χ1n) is 10.4. The van der Waals surface area contributed by atoms with Gasteiger partial charge in [0.05, 0.1) is 12.7 Å². The summed E-state index contributed by atoms with van der Waals surface area (Å²) in [4.78, 5) is 35.2. The molecule has 2 aromatic carbocycles. The number of urea groups is 1. The zero-order valence-electron chi connectivity index (χ0n) is 17.6. The zero-order valence-corrected chi connectivity index (χ0v) is 17.6. The van der Waals surface area contributed by atoms with Crippen molar-refractivity contribution >= 4 is 17.9 Å². The molecule has 0 bridgehead atoms. The monoisotopic (exact) mass is 430 g/mol. The Morgan fingerprint density at radius 1 is 1.03 bits per heavy atom. The fraction of sp³-hybridized carbons (Fsp3) is 0.250. The quantitative estimate of drug-likeness (QED) is 0.635. The number of piperidine rings is 1. The molecule has 2 aliphatic rings. The second kappa shape index (κ2) is 7.96. The molecule has 8 heteroatoms. The van der Waals surface area contributed by atoms with Gasteiger partial charge in [-0.15, -0.1) is 0 Å². The van der Waals surface area contributed by atoms with Crippen LogP contribution >= 0.6 is 0 Å². The lowest BCUT2D eigenvalue weighted by molar-refractivity contribution is -0.0363.